The molecule has 6 nitrogen and oxygen atoms in total. The Morgan fingerprint density at radius 3 is 2.29 bits per heavy atom. The number of rotatable bonds is 5. The number of hydrogen-bond donors (Lipinski definition) is 1. The molecule has 118 valence electrons. The number of sulfone groups is 1. The first-order valence-electron chi connectivity index (χ1n) is 6.85. The van der Waals surface area contributed by atoms with E-state index < -0.39 is 19.9 Å². The number of nitrogens with zero attached hydrogens (tertiary/aromatic N) is 1. The van der Waals surface area contributed by atoms with Gasteiger partial charge in [0.05, 0.1) is 10.6 Å². The van der Waals surface area contributed by atoms with Gasteiger partial charge >= 0.3 is 0 Å². The molecular weight excluding hydrogens is 312 g/mol. The van der Waals surface area contributed by atoms with Crippen molar-refractivity contribution in [2.75, 3.05) is 31.2 Å². The summed E-state index contributed by atoms with van der Waals surface area (Å²) in [6.07, 6.45) is 2.74. The molecule has 0 bridgehead atoms. The Morgan fingerprint density at radius 1 is 1.14 bits per heavy atom. The molecule has 0 atom stereocenters. The summed E-state index contributed by atoms with van der Waals surface area (Å²) in [5.41, 5.74) is 0.441. The van der Waals surface area contributed by atoms with Crippen molar-refractivity contribution in [3.8, 4) is 0 Å². The molecule has 1 aromatic rings. The second-order valence-electron chi connectivity index (χ2n) is 5.07. The minimum Gasteiger partial charge on any atom is -0.384 e. The van der Waals surface area contributed by atoms with Crippen LogP contribution in [0.25, 0.3) is 0 Å². The maximum Gasteiger partial charge on any atom is 0.245 e. The summed E-state index contributed by atoms with van der Waals surface area (Å²) in [4.78, 5) is 0.0519. The van der Waals surface area contributed by atoms with Gasteiger partial charge < -0.3 is 5.32 Å². The van der Waals surface area contributed by atoms with Crippen molar-refractivity contribution >= 4 is 25.5 Å². The maximum absolute atomic E-state index is 12.7. The molecule has 1 aliphatic rings. The van der Waals surface area contributed by atoms with Gasteiger partial charge in [0.15, 0.2) is 9.84 Å². The van der Waals surface area contributed by atoms with Crippen LogP contribution in [0, 0.1) is 0 Å². The number of hydrogen-bond acceptors (Lipinski definition) is 5. The predicted octanol–water partition coefficient (Wildman–Crippen LogP) is 1.31. The van der Waals surface area contributed by atoms with E-state index in [4.69, 9.17) is 0 Å². The monoisotopic (exact) mass is 332 g/mol. The van der Waals surface area contributed by atoms with Gasteiger partial charge in [-0.25, -0.2) is 16.8 Å². The third-order valence-electron chi connectivity index (χ3n) is 3.43. The predicted molar refractivity (Wildman–Crippen MR) is 81.7 cm³/mol. The van der Waals surface area contributed by atoms with Crippen molar-refractivity contribution < 1.29 is 16.8 Å². The average molecular weight is 332 g/mol. The molecule has 0 saturated carbocycles. The summed E-state index contributed by atoms with van der Waals surface area (Å²) in [6, 6.07) is 4.19. The highest BCUT2D eigenvalue weighted by molar-refractivity contribution is 7.91. The Labute approximate surface area is 126 Å². The van der Waals surface area contributed by atoms with Gasteiger partial charge in [-0.1, -0.05) is 0 Å². The standard InChI is InChI=1S/C13H20N2O4S2/c1-3-14-12-7-6-11(20(2,16)17)10-13(12)21(18,19)15-8-4-5-9-15/h6-7,10,14H,3-5,8-9H2,1-2H3. The van der Waals surface area contributed by atoms with E-state index in [1.807, 2.05) is 6.92 Å². The number of anilines is 1. The van der Waals surface area contributed by atoms with E-state index in [1.165, 1.54) is 22.5 Å². The first-order valence-corrected chi connectivity index (χ1v) is 10.2. The maximum atomic E-state index is 12.7. The summed E-state index contributed by atoms with van der Waals surface area (Å²) in [7, 11) is -7.12. The van der Waals surface area contributed by atoms with Gasteiger partial charge in [0.1, 0.15) is 4.90 Å². The Bertz CT molecular complexity index is 721. The highest BCUT2D eigenvalue weighted by Crippen LogP contribution is 2.29. The van der Waals surface area contributed by atoms with Crippen LogP contribution in [0.3, 0.4) is 0 Å². The van der Waals surface area contributed by atoms with Crippen molar-refractivity contribution in [2.45, 2.75) is 29.6 Å². The summed E-state index contributed by atoms with van der Waals surface area (Å²) >= 11 is 0. The largest absolute Gasteiger partial charge is 0.384 e. The highest BCUT2D eigenvalue weighted by Gasteiger charge is 2.30. The molecule has 0 spiro atoms. The summed E-state index contributed by atoms with van der Waals surface area (Å²) in [6.45, 7) is 3.38. The zero-order valence-electron chi connectivity index (χ0n) is 12.2. The van der Waals surface area contributed by atoms with Gasteiger partial charge in [-0.15, -0.1) is 0 Å². The molecule has 1 aliphatic heterocycles. The molecule has 1 fully saturated rings. The van der Waals surface area contributed by atoms with Crippen LogP contribution >= 0.6 is 0 Å². The summed E-state index contributed by atoms with van der Waals surface area (Å²) in [5.74, 6) is 0. The minimum atomic E-state index is -3.67. The molecule has 0 radical (unpaired) electrons. The van der Waals surface area contributed by atoms with Crippen molar-refractivity contribution in [2.24, 2.45) is 0 Å². The zero-order chi connectivity index (χ0) is 15.7. The van der Waals surface area contributed by atoms with Crippen LogP contribution in [0.4, 0.5) is 5.69 Å². The first-order chi connectivity index (χ1) is 9.76. The van der Waals surface area contributed by atoms with E-state index in [2.05, 4.69) is 5.32 Å². The van der Waals surface area contributed by atoms with E-state index in [1.54, 1.807) is 0 Å². The number of sulfonamides is 1. The Morgan fingerprint density at radius 2 is 1.76 bits per heavy atom. The Balaban J connectivity index is 2.58. The van der Waals surface area contributed by atoms with Gasteiger partial charge in [0.2, 0.25) is 10.0 Å². The lowest BCUT2D eigenvalue weighted by Gasteiger charge is -2.19. The lowest BCUT2D eigenvalue weighted by Crippen LogP contribution is -2.28. The van der Waals surface area contributed by atoms with Crippen molar-refractivity contribution in [3.63, 3.8) is 0 Å². The topological polar surface area (TPSA) is 83.5 Å². The second-order valence-corrected chi connectivity index (χ2v) is 8.99. The third-order valence-corrected chi connectivity index (χ3v) is 6.48. The normalized spacial score (nSPS) is 17.0. The smallest absolute Gasteiger partial charge is 0.245 e. The Kier molecular flexibility index (Phi) is 4.60. The van der Waals surface area contributed by atoms with Crippen molar-refractivity contribution in [3.05, 3.63) is 18.2 Å². The van der Waals surface area contributed by atoms with Gasteiger partial charge in [0, 0.05) is 25.9 Å². The Hall–Kier alpha value is -1.12. The fraction of sp³-hybridized carbons (Fsp3) is 0.538. The van der Waals surface area contributed by atoms with Gasteiger partial charge in [-0.3, -0.25) is 0 Å². The highest BCUT2D eigenvalue weighted by atomic mass is 32.2. The minimum absolute atomic E-state index is 0.0157. The fourth-order valence-electron chi connectivity index (χ4n) is 2.35. The van der Waals surface area contributed by atoms with Crippen LogP contribution in [0.2, 0.25) is 0 Å². The quantitative estimate of drug-likeness (QED) is 0.879. The molecule has 1 N–H and O–H groups in total. The third kappa shape index (κ3) is 3.38. The van der Waals surface area contributed by atoms with Crippen LogP contribution in [0.5, 0.6) is 0 Å². The SMILES string of the molecule is CCNc1ccc(S(C)(=O)=O)cc1S(=O)(=O)N1CCCC1. The van der Waals surface area contributed by atoms with Crippen LogP contribution in [0.15, 0.2) is 28.0 Å². The first kappa shape index (κ1) is 16.3. The van der Waals surface area contributed by atoms with Crippen LogP contribution < -0.4 is 5.32 Å². The molecule has 0 unspecified atom stereocenters. The number of nitrogens with one attached hydrogen (secondary N) is 1. The lowest BCUT2D eigenvalue weighted by atomic mass is 10.3. The molecule has 8 heteroatoms. The van der Waals surface area contributed by atoms with Gasteiger partial charge in [-0.2, -0.15) is 4.31 Å². The van der Waals surface area contributed by atoms with Gasteiger partial charge in [0.25, 0.3) is 0 Å². The molecule has 0 amide bonds. The van der Waals surface area contributed by atoms with Gasteiger partial charge in [-0.05, 0) is 38.0 Å². The van der Waals surface area contributed by atoms with E-state index in [9.17, 15) is 16.8 Å². The molecule has 21 heavy (non-hydrogen) atoms. The van der Waals surface area contributed by atoms with E-state index in [-0.39, 0.29) is 9.79 Å². The zero-order valence-corrected chi connectivity index (χ0v) is 13.8. The second kappa shape index (κ2) is 5.94. The van der Waals surface area contributed by atoms with E-state index >= 15 is 0 Å². The van der Waals surface area contributed by atoms with Crippen LogP contribution in [-0.2, 0) is 19.9 Å². The summed E-state index contributed by atoms with van der Waals surface area (Å²) in [5, 5.41) is 2.98. The summed E-state index contributed by atoms with van der Waals surface area (Å²) < 4.78 is 50.2. The molecular formula is C13H20N2O4S2. The molecule has 1 heterocycles. The average Bonchev–Trinajstić information content (AvgIpc) is 2.92. The van der Waals surface area contributed by atoms with E-state index in [0.717, 1.165) is 19.1 Å². The molecule has 1 saturated heterocycles. The molecule has 1 aromatic carbocycles. The molecule has 0 aromatic heterocycles. The fourth-order valence-corrected chi connectivity index (χ4v) is 4.78. The van der Waals surface area contributed by atoms with Crippen molar-refractivity contribution in [1.82, 2.24) is 4.31 Å². The number of benzene rings is 1. The van der Waals surface area contributed by atoms with Crippen LogP contribution in [0.1, 0.15) is 19.8 Å². The van der Waals surface area contributed by atoms with Crippen molar-refractivity contribution in [1.29, 1.82) is 0 Å². The molecule has 0 aliphatic carbocycles. The van der Waals surface area contributed by atoms with Crippen LogP contribution in [-0.4, -0.2) is 47.0 Å². The molecule has 2 rings (SSSR count). The van der Waals surface area contributed by atoms with E-state index in [0.29, 0.717) is 25.3 Å². The lowest BCUT2D eigenvalue weighted by molar-refractivity contribution is 0.477.